The largest absolute Gasteiger partial charge is 0.368 e. The van der Waals surface area contributed by atoms with Gasteiger partial charge >= 0.3 is 0 Å². The van der Waals surface area contributed by atoms with Crippen molar-refractivity contribution in [1.29, 1.82) is 0 Å². The lowest BCUT2D eigenvalue weighted by Crippen LogP contribution is -2.37. The molecule has 2 heterocycles. The lowest BCUT2D eigenvalue weighted by Gasteiger charge is -2.27. The summed E-state index contributed by atoms with van der Waals surface area (Å²) in [4.78, 5) is 12.7. The van der Waals surface area contributed by atoms with Crippen LogP contribution in [0.5, 0.6) is 0 Å². The van der Waals surface area contributed by atoms with Gasteiger partial charge < -0.3 is 15.5 Å². The van der Waals surface area contributed by atoms with Crippen LogP contribution in [0.3, 0.4) is 0 Å². The molecule has 2 N–H and O–H groups in total. The summed E-state index contributed by atoms with van der Waals surface area (Å²) in [6.45, 7) is 2.15. The molecule has 0 radical (unpaired) electrons. The predicted molar refractivity (Wildman–Crippen MR) is 73.1 cm³/mol. The van der Waals surface area contributed by atoms with Gasteiger partial charge in [-0.3, -0.25) is 0 Å². The fraction of sp³-hybridized carbons (Fsp3) is 0.636. The van der Waals surface area contributed by atoms with E-state index in [0.717, 1.165) is 16.8 Å². The number of likely N-dealkylation sites (tertiary alicyclic amines) is 1. The number of aromatic nitrogens is 2. The number of likely N-dealkylation sites (N-methyl/N-ethyl adjacent to an activating group) is 2. The highest BCUT2D eigenvalue weighted by molar-refractivity contribution is 9.10. The molecule has 1 aromatic rings. The normalized spacial score (nSPS) is 20.8. The highest BCUT2D eigenvalue weighted by atomic mass is 79.9. The van der Waals surface area contributed by atoms with Gasteiger partial charge in [0.25, 0.3) is 0 Å². The Morgan fingerprint density at radius 3 is 3.06 bits per heavy atom. The summed E-state index contributed by atoms with van der Waals surface area (Å²) >= 11 is 3.46. The van der Waals surface area contributed by atoms with Gasteiger partial charge in [-0.05, 0) is 42.4 Å². The lowest BCUT2D eigenvalue weighted by molar-refractivity contribution is 0.314. The van der Waals surface area contributed by atoms with E-state index in [1.165, 1.54) is 19.4 Å². The molecule has 0 spiro atoms. The standard InChI is InChI=1S/C11H18BrN5/c1-16-5-3-4-8(16)7-17(2)10-9(12)6-14-11(13)15-10/h6,8H,3-5,7H2,1-2H3,(H2,13,14,15). The van der Waals surface area contributed by atoms with Crippen LogP contribution in [-0.4, -0.2) is 48.1 Å². The minimum absolute atomic E-state index is 0.315. The van der Waals surface area contributed by atoms with E-state index in [0.29, 0.717) is 12.0 Å². The van der Waals surface area contributed by atoms with Crippen molar-refractivity contribution in [3.05, 3.63) is 10.7 Å². The number of halogens is 1. The molecule has 1 aliphatic heterocycles. The van der Waals surface area contributed by atoms with Crippen molar-refractivity contribution in [3.63, 3.8) is 0 Å². The third kappa shape index (κ3) is 2.87. The maximum Gasteiger partial charge on any atom is 0.222 e. The van der Waals surface area contributed by atoms with Crippen LogP contribution in [0.1, 0.15) is 12.8 Å². The Balaban J connectivity index is 2.08. The molecule has 6 heteroatoms. The molecule has 1 atom stereocenters. The van der Waals surface area contributed by atoms with Gasteiger partial charge in [0.2, 0.25) is 5.95 Å². The number of nitrogens with zero attached hydrogens (tertiary/aromatic N) is 4. The molecular formula is C11H18BrN5. The number of rotatable bonds is 3. The Bertz CT molecular complexity index is 397. The fourth-order valence-electron chi connectivity index (χ4n) is 2.25. The summed E-state index contributed by atoms with van der Waals surface area (Å²) in [5.41, 5.74) is 5.62. The number of hydrogen-bond donors (Lipinski definition) is 1. The zero-order valence-corrected chi connectivity index (χ0v) is 11.8. The van der Waals surface area contributed by atoms with Crippen molar-refractivity contribution in [2.24, 2.45) is 0 Å². The second-order valence-electron chi connectivity index (χ2n) is 4.56. The number of nitrogens with two attached hydrogens (primary N) is 1. The summed E-state index contributed by atoms with van der Waals surface area (Å²) in [5.74, 6) is 1.17. The zero-order chi connectivity index (χ0) is 12.4. The van der Waals surface area contributed by atoms with Gasteiger partial charge in [0, 0.05) is 25.8 Å². The van der Waals surface area contributed by atoms with Crippen molar-refractivity contribution < 1.29 is 0 Å². The van der Waals surface area contributed by atoms with E-state index in [-0.39, 0.29) is 0 Å². The van der Waals surface area contributed by atoms with Crippen molar-refractivity contribution in [3.8, 4) is 0 Å². The molecule has 0 amide bonds. The Hall–Kier alpha value is -0.880. The van der Waals surface area contributed by atoms with Crippen LogP contribution in [0.15, 0.2) is 10.7 Å². The maximum absolute atomic E-state index is 5.62. The molecule has 17 heavy (non-hydrogen) atoms. The SMILES string of the molecule is CN(CC1CCCN1C)c1nc(N)ncc1Br. The number of nitrogen functional groups attached to an aromatic ring is 1. The van der Waals surface area contributed by atoms with E-state index in [4.69, 9.17) is 5.73 Å². The second-order valence-corrected chi connectivity index (χ2v) is 5.41. The zero-order valence-electron chi connectivity index (χ0n) is 10.2. The summed E-state index contributed by atoms with van der Waals surface area (Å²) in [5, 5.41) is 0. The lowest BCUT2D eigenvalue weighted by atomic mass is 10.2. The molecule has 5 nitrogen and oxygen atoms in total. The molecule has 1 unspecified atom stereocenters. The topological polar surface area (TPSA) is 58.3 Å². The highest BCUT2D eigenvalue weighted by Crippen LogP contribution is 2.24. The molecule has 1 aliphatic rings. The van der Waals surface area contributed by atoms with Crippen molar-refractivity contribution >= 4 is 27.7 Å². The minimum Gasteiger partial charge on any atom is -0.368 e. The first-order chi connectivity index (χ1) is 8.08. The van der Waals surface area contributed by atoms with Crippen LogP contribution in [0.2, 0.25) is 0 Å². The van der Waals surface area contributed by atoms with Crippen LogP contribution < -0.4 is 10.6 Å². The van der Waals surface area contributed by atoms with Crippen LogP contribution >= 0.6 is 15.9 Å². The quantitative estimate of drug-likeness (QED) is 0.913. The van der Waals surface area contributed by atoms with E-state index in [2.05, 4.69) is 42.7 Å². The van der Waals surface area contributed by atoms with Crippen molar-refractivity contribution in [1.82, 2.24) is 14.9 Å². The van der Waals surface area contributed by atoms with Crippen molar-refractivity contribution in [2.45, 2.75) is 18.9 Å². The van der Waals surface area contributed by atoms with Gasteiger partial charge in [0.15, 0.2) is 0 Å². The molecule has 0 bridgehead atoms. The number of anilines is 2. The average molecular weight is 300 g/mol. The van der Waals surface area contributed by atoms with E-state index in [1.54, 1.807) is 6.20 Å². The van der Waals surface area contributed by atoms with Crippen LogP contribution in [0.4, 0.5) is 11.8 Å². The summed E-state index contributed by atoms with van der Waals surface area (Å²) in [6, 6.07) is 0.600. The fourth-order valence-corrected chi connectivity index (χ4v) is 2.75. The Kier molecular flexibility index (Phi) is 3.83. The van der Waals surface area contributed by atoms with E-state index in [9.17, 15) is 0 Å². The molecule has 0 aliphatic carbocycles. The second kappa shape index (κ2) is 5.18. The van der Waals surface area contributed by atoms with Gasteiger partial charge in [-0.2, -0.15) is 4.98 Å². The van der Waals surface area contributed by atoms with Crippen LogP contribution in [-0.2, 0) is 0 Å². The van der Waals surface area contributed by atoms with Gasteiger partial charge in [-0.15, -0.1) is 0 Å². The van der Waals surface area contributed by atoms with Gasteiger partial charge in [-0.1, -0.05) is 0 Å². The first-order valence-electron chi connectivity index (χ1n) is 5.77. The van der Waals surface area contributed by atoms with E-state index in [1.807, 2.05) is 7.05 Å². The third-order valence-corrected chi connectivity index (χ3v) is 3.82. The average Bonchev–Trinajstić information content (AvgIpc) is 2.68. The third-order valence-electron chi connectivity index (χ3n) is 3.26. The molecule has 0 aromatic carbocycles. The smallest absolute Gasteiger partial charge is 0.222 e. The Morgan fingerprint density at radius 2 is 2.41 bits per heavy atom. The van der Waals surface area contributed by atoms with Crippen molar-refractivity contribution in [2.75, 3.05) is 37.8 Å². The van der Waals surface area contributed by atoms with E-state index < -0.39 is 0 Å². The van der Waals surface area contributed by atoms with Gasteiger partial charge in [-0.25, -0.2) is 4.98 Å². The summed E-state index contributed by atoms with van der Waals surface area (Å²) in [6.07, 6.45) is 4.23. The van der Waals surface area contributed by atoms with Gasteiger partial charge in [0.05, 0.1) is 4.47 Å². The Labute approximate surface area is 110 Å². The molecule has 1 aromatic heterocycles. The summed E-state index contributed by atoms with van der Waals surface area (Å²) in [7, 11) is 4.22. The minimum atomic E-state index is 0.315. The molecule has 0 saturated carbocycles. The Morgan fingerprint density at radius 1 is 1.65 bits per heavy atom. The highest BCUT2D eigenvalue weighted by Gasteiger charge is 2.23. The van der Waals surface area contributed by atoms with E-state index >= 15 is 0 Å². The molecule has 1 fully saturated rings. The number of hydrogen-bond acceptors (Lipinski definition) is 5. The first kappa shape index (κ1) is 12.6. The van der Waals surface area contributed by atoms with Crippen LogP contribution in [0, 0.1) is 0 Å². The predicted octanol–water partition coefficient (Wildman–Crippen LogP) is 1.35. The van der Waals surface area contributed by atoms with Crippen LogP contribution in [0.25, 0.3) is 0 Å². The summed E-state index contributed by atoms with van der Waals surface area (Å²) < 4.78 is 0.884. The monoisotopic (exact) mass is 299 g/mol. The molecule has 94 valence electrons. The molecular weight excluding hydrogens is 282 g/mol. The molecule has 1 saturated heterocycles. The molecule has 2 rings (SSSR count). The first-order valence-corrected chi connectivity index (χ1v) is 6.56. The maximum atomic E-state index is 5.62. The van der Waals surface area contributed by atoms with Gasteiger partial charge in [0.1, 0.15) is 5.82 Å².